The van der Waals surface area contributed by atoms with Gasteiger partial charge in [-0.1, -0.05) is 0 Å². The number of amides is 2. The first-order chi connectivity index (χ1) is 9.90. The van der Waals surface area contributed by atoms with Crippen LogP contribution in [-0.4, -0.2) is 71.5 Å². The Bertz CT molecular complexity index is 610. The Kier molecular flexibility index (Phi) is 4.27. The van der Waals surface area contributed by atoms with Crippen LogP contribution in [0, 0.1) is 0 Å². The number of nitrogens with zero attached hydrogens (tertiary/aromatic N) is 2. The second-order valence-corrected chi connectivity index (χ2v) is 5.07. The molecular weight excluding hydrogens is 276 g/mol. The number of carbonyl (C=O) groups excluding carboxylic acids is 2. The number of aromatic hydroxyl groups is 1. The number of aromatic amines is 1. The smallest absolute Gasteiger partial charge is 0.255 e. The van der Waals surface area contributed by atoms with Gasteiger partial charge in [0.1, 0.15) is 6.04 Å². The summed E-state index contributed by atoms with van der Waals surface area (Å²) in [7, 11) is 3.25. The average molecular weight is 294 g/mol. The number of carbonyl (C=O) groups is 2. The molecule has 114 valence electrons. The molecule has 0 saturated carbocycles. The fraction of sp³-hybridized carbons (Fsp3) is 0.462. The molecule has 2 amide bonds. The number of pyridine rings is 1. The van der Waals surface area contributed by atoms with Gasteiger partial charge in [0.05, 0.1) is 5.56 Å². The Morgan fingerprint density at radius 3 is 2.71 bits per heavy atom. The maximum atomic E-state index is 12.5. The molecule has 0 aromatic carbocycles. The zero-order valence-electron chi connectivity index (χ0n) is 11.9. The molecule has 1 fully saturated rings. The zero-order valence-corrected chi connectivity index (χ0v) is 11.9. The fourth-order valence-corrected chi connectivity index (χ4v) is 2.28. The molecule has 0 spiro atoms. The molecule has 0 aliphatic carbocycles. The van der Waals surface area contributed by atoms with Crippen molar-refractivity contribution in [3.63, 3.8) is 0 Å². The SMILES string of the molecule is CN(C)C(=O)C1CNCCN1C(=O)c1cc(O)[nH]c(=O)c1. The first-order valence-electron chi connectivity index (χ1n) is 6.56. The maximum Gasteiger partial charge on any atom is 0.255 e. The van der Waals surface area contributed by atoms with Crippen LogP contribution in [0.5, 0.6) is 5.88 Å². The van der Waals surface area contributed by atoms with E-state index in [0.717, 1.165) is 6.07 Å². The summed E-state index contributed by atoms with van der Waals surface area (Å²) >= 11 is 0. The molecule has 1 aromatic heterocycles. The van der Waals surface area contributed by atoms with E-state index in [0.29, 0.717) is 19.6 Å². The van der Waals surface area contributed by atoms with Gasteiger partial charge in [0, 0.05) is 45.9 Å². The lowest BCUT2D eigenvalue weighted by Crippen LogP contribution is -2.59. The lowest BCUT2D eigenvalue weighted by Gasteiger charge is -2.36. The largest absolute Gasteiger partial charge is 0.494 e. The number of nitrogens with one attached hydrogen (secondary N) is 2. The molecule has 2 rings (SSSR count). The van der Waals surface area contributed by atoms with Gasteiger partial charge in [0.2, 0.25) is 5.91 Å². The van der Waals surface area contributed by atoms with Crippen molar-refractivity contribution in [3.05, 3.63) is 28.0 Å². The van der Waals surface area contributed by atoms with Gasteiger partial charge in [-0.05, 0) is 0 Å². The summed E-state index contributed by atoms with van der Waals surface area (Å²) in [5, 5.41) is 12.5. The molecule has 3 N–H and O–H groups in total. The van der Waals surface area contributed by atoms with Crippen molar-refractivity contribution in [1.82, 2.24) is 20.1 Å². The molecule has 1 unspecified atom stereocenters. The van der Waals surface area contributed by atoms with E-state index in [9.17, 15) is 19.5 Å². The summed E-state index contributed by atoms with van der Waals surface area (Å²) in [6, 6.07) is 1.67. The Labute approximate surface area is 121 Å². The van der Waals surface area contributed by atoms with Crippen LogP contribution >= 0.6 is 0 Å². The van der Waals surface area contributed by atoms with Crippen molar-refractivity contribution in [2.24, 2.45) is 0 Å². The van der Waals surface area contributed by atoms with Crippen LogP contribution in [0.1, 0.15) is 10.4 Å². The lowest BCUT2D eigenvalue weighted by atomic mass is 10.1. The van der Waals surface area contributed by atoms with Crippen molar-refractivity contribution < 1.29 is 14.7 Å². The molecule has 21 heavy (non-hydrogen) atoms. The van der Waals surface area contributed by atoms with E-state index in [2.05, 4.69) is 10.3 Å². The van der Waals surface area contributed by atoms with Crippen molar-refractivity contribution in [2.75, 3.05) is 33.7 Å². The van der Waals surface area contributed by atoms with Crippen LogP contribution in [0.3, 0.4) is 0 Å². The molecule has 2 heterocycles. The highest BCUT2D eigenvalue weighted by atomic mass is 16.3. The third-order valence-electron chi connectivity index (χ3n) is 3.31. The summed E-state index contributed by atoms with van der Waals surface area (Å²) in [6.07, 6.45) is 0. The van der Waals surface area contributed by atoms with Gasteiger partial charge < -0.3 is 20.2 Å². The Morgan fingerprint density at radius 1 is 1.38 bits per heavy atom. The summed E-state index contributed by atoms with van der Waals surface area (Å²) in [5.74, 6) is -1.01. The summed E-state index contributed by atoms with van der Waals surface area (Å²) < 4.78 is 0. The summed E-state index contributed by atoms with van der Waals surface area (Å²) in [4.78, 5) is 41.0. The van der Waals surface area contributed by atoms with Gasteiger partial charge >= 0.3 is 0 Å². The highest BCUT2D eigenvalue weighted by molar-refractivity contribution is 5.97. The van der Waals surface area contributed by atoms with Crippen molar-refractivity contribution in [1.29, 1.82) is 0 Å². The van der Waals surface area contributed by atoms with E-state index in [1.165, 1.54) is 15.9 Å². The van der Waals surface area contributed by atoms with Crippen molar-refractivity contribution >= 4 is 11.8 Å². The Balaban J connectivity index is 2.30. The van der Waals surface area contributed by atoms with Gasteiger partial charge in [-0.25, -0.2) is 0 Å². The van der Waals surface area contributed by atoms with Crippen LogP contribution in [-0.2, 0) is 4.79 Å². The summed E-state index contributed by atoms with van der Waals surface area (Å²) in [5.41, 5.74) is -0.501. The van der Waals surface area contributed by atoms with E-state index >= 15 is 0 Å². The number of hydrogen-bond acceptors (Lipinski definition) is 5. The quantitative estimate of drug-likeness (QED) is 0.621. The molecule has 8 nitrogen and oxygen atoms in total. The summed E-state index contributed by atoms with van der Waals surface area (Å²) in [6.45, 7) is 1.28. The number of H-pyrrole nitrogens is 1. The minimum atomic E-state index is -0.623. The molecule has 1 aromatic rings. The first kappa shape index (κ1) is 15.0. The predicted octanol–water partition coefficient (Wildman–Crippen LogP) is -1.42. The van der Waals surface area contributed by atoms with Crippen molar-refractivity contribution in [2.45, 2.75) is 6.04 Å². The van der Waals surface area contributed by atoms with Gasteiger partial charge in [-0.2, -0.15) is 0 Å². The van der Waals surface area contributed by atoms with Gasteiger partial charge in [0.25, 0.3) is 11.5 Å². The molecule has 1 atom stereocenters. The van der Waals surface area contributed by atoms with E-state index in [-0.39, 0.29) is 17.4 Å². The normalized spacial score (nSPS) is 18.4. The molecule has 0 radical (unpaired) electrons. The number of likely N-dealkylation sites (N-methyl/N-ethyl adjacent to an activating group) is 1. The maximum absolute atomic E-state index is 12.5. The molecule has 8 heteroatoms. The monoisotopic (exact) mass is 294 g/mol. The molecule has 1 aliphatic rings. The lowest BCUT2D eigenvalue weighted by molar-refractivity contribution is -0.134. The predicted molar refractivity (Wildman–Crippen MR) is 75.1 cm³/mol. The second-order valence-electron chi connectivity index (χ2n) is 5.07. The van der Waals surface area contributed by atoms with E-state index in [4.69, 9.17) is 0 Å². The Morgan fingerprint density at radius 2 is 2.10 bits per heavy atom. The molecule has 0 bridgehead atoms. The van der Waals surface area contributed by atoms with Gasteiger partial charge in [-0.3, -0.25) is 19.4 Å². The topological polar surface area (TPSA) is 106 Å². The Hall–Kier alpha value is -2.35. The first-order valence-corrected chi connectivity index (χ1v) is 6.56. The van der Waals surface area contributed by atoms with E-state index < -0.39 is 17.5 Å². The third kappa shape index (κ3) is 3.22. The van der Waals surface area contributed by atoms with Crippen LogP contribution in [0.15, 0.2) is 16.9 Å². The number of hydrogen-bond donors (Lipinski definition) is 3. The standard InChI is InChI=1S/C13H18N4O4/c1-16(2)13(21)9-7-14-3-4-17(9)12(20)8-5-10(18)15-11(19)6-8/h5-6,9,14H,3-4,7H2,1-2H3,(H2,15,18,19). The van der Waals surface area contributed by atoms with E-state index in [1.54, 1.807) is 14.1 Å². The minimum absolute atomic E-state index is 0.0645. The molecule has 1 aliphatic heterocycles. The van der Waals surface area contributed by atoms with Gasteiger partial charge in [0.15, 0.2) is 5.88 Å². The van der Waals surface area contributed by atoms with Gasteiger partial charge in [-0.15, -0.1) is 0 Å². The van der Waals surface area contributed by atoms with Crippen molar-refractivity contribution in [3.8, 4) is 5.88 Å². The number of rotatable bonds is 2. The third-order valence-corrected chi connectivity index (χ3v) is 3.31. The molecular formula is C13H18N4O4. The fourth-order valence-electron chi connectivity index (χ4n) is 2.28. The van der Waals surface area contributed by atoms with Crippen LogP contribution in [0.2, 0.25) is 0 Å². The number of aromatic nitrogens is 1. The van der Waals surface area contributed by atoms with Crippen LogP contribution < -0.4 is 10.9 Å². The number of piperazine rings is 1. The van der Waals surface area contributed by atoms with E-state index in [1.807, 2.05) is 0 Å². The minimum Gasteiger partial charge on any atom is -0.494 e. The second kappa shape index (κ2) is 5.96. The zero-order chi connectivity index (χ0) is 15.6. The average Bonchev–Trinajstić information content (AvgIpc) is 2.44. The highest BCUT2D eigenvalue weighted by Gasteiger charge is 2.33. The van der Waals surface area contributed by atoms with Crippen LogP contribution in [0.25, 0.3) is 0 Å². The highest BCUT2D eigenvalue weighted by Crippen LogP contribution is 2.13. The molecule has 1 saturated heterocycles. The van der Waals surface area contributed by atoms with Crippen LogP contribution in [0.4, 0.5) is 0 Å².